The number of carboxylic acids is 1. The number of aliphatic hydroxyl groups excluding tert-OH is 1. The molecule has 0 atom stereocenters. The molecule has 0 bridgehead atoms. The SMILES string of the molecule is CCC(CC)N(CCO)C(=O)NCCCCCC(=O)O. The molecule has 0 unspecified atom stereocenters. The zero-order valence-corrected chi connectivity index (χ0v) is 12.6. The highest BCUT2D eigenvalue weighted by atomic mass is 16.4. The number of nitrogens with zero attached hydrogens (tertiary/aromatic N) is 1. The summed E-state index contributed by atoms with van der Waals surface area (Å²) in [5, 5.41) is 20.4. The highest BCUT2D eigenvalue weighted by Gasteiger charge is 2.19. The second-order valence-electron chi connectivity index (χ2n) is 4.82. The van der Waals surface area contributed by atoms with Gasteiger partial charge < -0.3 is 20.4 Å². The lowest BCUT2D eigenvalue weighted by atomic mass is 10.1. The van der Waals surface area contributed by atoms with Crippen LogP contribution < -0.4 is 5.32 Å². The van der Waals surface area contributed by atoms with Gasteiger partial charge in [0, 0.05) is 25.6 Å². The molecule has 0 aromatic carbocycles. The Kier molecular flexibility index (Phi) is 10.8. The van der Waals surface area contributed by atoms with Crippen LogP contribution in [0.4, 0.5) is 4.79 Å². The summed E-state index contributed by atoms with van der Waals surface area (Å²) in [6.07, 6.45) is 4.11. The van der Waals surface area contributed by atoms with Gasteiger partial charge in [0.1, 0.15) is 0 Å². The van der Waals surface area contributed by atoms with Gasteiger partial charge in [0.15, 0.2) is 0 Å². The zero-order chi connectivity index (χ0) is 15.4. The van der Waals surface area contributed by atoms with E-state index in [1.807, 2.05) is 13.8 Å². The van der Waals surface area contributed by atoms with Gasteiger partial charge in [-0.05, 0) is 25.7 Å². The predicted molar refractivity (Wildman–Crippen MR) is 77.7 cm³/mol. The Morgan fingerprint density at radius 1 is 1.15 bits per heavy atom. The Labute approximate surface area is 121 Å². The number of hydrogen-bond acceptors (Lipinski definition) is 3. The molecule has 0 aromatic heterocycles. The van der Waals surface area contributed by atoms with Crippen molar-refractivity contribution >= 4 is 12.0 Å². The lowest BCUT2D eigenvalue weighted by Gasteiger charge is -2.30. The first kappa shape index (κ1) is 18.7. The zero-order valence-electron chi connectivity index (χ0n) is 12.6. The van der Waals surface area contributed by atoms with Gasteiger partial charge >= 0.3 is 12.0 Å². The number of carbonyl (C=O) groups is 2. The fourth-order valence-corrected chi connectivity index (χ4v) is 2.16. The van der Waals surface area contributed by atoms with Gasteiger partial charge in [-0.3, -0.25) is 4.79 Å². The van der Waals surface area contributed by atoms with Crippen molar-refractivity contribution in [3.63, 3.8) is 0 Å². The van der Waals surface area contributed by atoms with Crippen LogP contribution in [0.5, 0.6) is 0 Å². The fraction of sp³-hybridized carbons (Fsp3) is 0.857. The molecule has 0 rings (SSSR count). The minimum Gasteiger partial charge on any atom is -0.481 e. The second kappa shape index (κ2) is 11.5. The molecule has 0 aliphatic heterocycles. The van der Waals surface area contributed by atoms with E-state index in [-0.39, 0.29) is 25.1 Å². The number of unbranched alkanes of at least 4 members (excludes halogenated alkanes) is 2. The Bertz CT molecular complexity index is 280. The van der Waals surface area contributed by atoms with Crippen molar-refractivity contribution in [1.82, 2.24) is 10.2 Å². The number of urea groups is 1. The summed E-state index contributed by atoms with van der Waals surface area (Å²) >= 11 is 0. The van der Waals surface area contributed by atoms with Gasteiger partial charge in [0.25, 0.3) is 0 Å². The first-order valence-corrected chi connectivity index (χ1v) is 7.43. The summed E-state index contributed by atoms with van der Waals surface area (Å²) < 4.78 is 0. The van der Waals surface area contributed by atoms with E-state index in [1.165, 1.54) is 0 Å². The first-order valence-electron chi connectivity index (χ1n) is 7.43. The minimum atomic E-state index is -0.781. The number of carbonyl (C=O) groups excluding carboxylic acids is 1. The summed E-state index contributed by atoms with van der Waals surface area (Å²) in [4.78, 5) is 24.1. The van der Waals surface area contributed by atoms with Gasteiger partial charge in [0.05, 0.1) is 6.61 Å². The summed E-state index contributed by atoms with van der Waals surface area (Å²) in [5.41, 5.74) is 0. The molecule has 0 aliphatic carbocycles. The molecular formula is C14H28N2O4. The smallest absolute Gasteiger partial charge is 0.317 e. The van der Waals surface area contributed by atoms with Crippen molar-refractivity contribution in [2.24, 2.45) is 0 Å². The lowest BCUT2D eigenvalue weighted by molar-refractivity contribution is -0.137. The van der Waals surface area contributed by atoms with Gasteiger partial charge in [-0.15, -0.1) is 0 Å². The van der Waals surface area contributed by atoms with Crippen molar-refractivity contribution < 1.29 is 19.8 Å². The van der Waals surface area contributed by atoms with Crippen LogP contribution in [0.2, 0.25) is 0 Å². The highest BCUT2D eigenvalue weighted by Crippen LogP contribution is 2.08. The monoisotopic (exact) mass is 288 g/mol. The number of aliphatic carboxylic acids is 1. The van der Waals surface area contributed by atoms with E-state index >= 15 is 0 Å². The Hall–Kier alpha value is -1.30. The Morgan fingerprint density at radius 2 is 1.80 bits per heavy atom. The fourth-order valence-electron chi connectivity index (χ4n) is 2.16. The average molecular weight is 288 g/mol. The van der Waals surface area contributed by atoms with Crippen molar-refractivity contribution in [3.05, 3.63) is 0 Å². The van der Waals surface area contributed by atoms with Crippen LogP contribution in [0.15, 0.2) is 0 Å². The molecule has 0 radical (unpaired) electrons. The van der Waals surface area contributed by atoms with Gasteiger partial charge in [-0.2, -0.15) is 0 Å². The van der Waals surface area contributed by atoms with E-state index in [0.717, 1.165) is 25.7 Å². The van der Waals surface area contributed by atoms with Crippen molar-refractivity contribution in [1.29, 1.82) is 0 Å². The Morgan fingerprint density at radius 3 is 2.30 bits per heavy atom. The third kappa shape index (κ3) is 7.99. The molecule has 0 heterocycles. The molecule has 118 valence electrons. The van der Waals surface area contributed by atoms with Crippen LogP contribution in [0, 0.1) is 0 Å². The molecule has 0 saturated heterocycles. The molecule has 0 saturated carbocycles. The molecule has 20 heavy (non-hydrogen) atoms. The number of amides is 2. The maximum absolute atomic E-state index is 12.0. The largest absolute Gasteiger partial charge is 0.481 e. The molecule has 3 N–H and O–H groups in total. The van der Waals surface area contributed by atoms with Crippen LogP contribution in [0.25, 0.3) is 0 Å². The summed E-state index contributed by atoms with van der Waals surface area (Å²) in [7, 11) is 0. The van der Waals surface area contributed by atoms with Crippen LogP contribution >= 0.6 is 0 Å². The standard InChI is InChI=1S/C14H28N2O4/c1-3-12(4-2)16(10-11-17)14(20)15-9-7-5-6-8-13(18)19/h12,17H,3-11H2,1-2H3,(H,15,20)(H,18,19). The predicted octanol–water partition coefficient (Wildman–Crippen LogP) is 1.82. The van der Waals surface area contributed by atoms with Crippen molar-refractivity contribution in [2.75, 3.05) is 19.7 Å². The minimum absolute atomic E-state index is 0.0392. The van der Waals surface area contributed by atoms with Crippen LogP contribution in [0.3, 0.4) is 0 Å². The maximum atomic E-state index is 12.0. The van der Waals surface area contributed by atoms with Gasteiger partial charge in [-0.1, -0.05) is 20.3 Å². The van der Waals surface area contributed by atoms with E-state index < -0.39 is 5.97 Å². The molecular weight excluding hydrogens is 260 g/mol. The summed E-state index contributed by atoms with van der Waals surface area (Å²) in [5.74, 6) is -0.781. The summed E-state index contributed by atoms with van der Waals surface area (Å²) in [6.45, 7) is 4.90. The second-order valence-corrected chi connectivity index (χ2v) is 4.82. The van der Waals surface area contributed by atoms with E-state index in [0.29, 0.717) is 19.5 Å². The van der Waals surface area contributed by atoms with E-state index in [1.54, 1.807) is 4.90 Å². The maximum Gasteiger partial charge on any atom is 0.317 e. The lowest BCUT2D eigenvalue weighted by Crippen LogP contribution is -2.47. The summed E-state index contributed by atoms with van der Waals surface area (Å²) in [6, 6.07) is 0.000134. The normalized spacial score (nSPS) is 10.6. The first-order chi connectivity index (χ1) is 9.56. The van der Waals surface area contributed by atoms with Crippen molar-refractivity contribution in [2.45, 2.75) is 58.4 Å². The van der Waals surface area contributed by atoms with Gasteiger partial charge in [-0.25, -0.2) is 4.79 Å². The molecule has 0 aromatic rings. The molecule has 6 heteroatoms. The molecule has 2 amide bonds. The van der Waals surface area contributed by atoms with Gasteiger partial charge in [0.2, 0.25) is 0 Å². The van der Waals surface area contributed by atoms with Crippen LogP contribution in [-0.4, -0.2) is 52.9 Å². The molecule has 0 fully saturated rings. The van der Waals surface area contributed by atoms with Crippen molar-refractivity contribution in [3.8, 4) is 0 Å². The number of rotatable bonds is 11. The van der Waals surface area contributed by atoms with E-state index in [9.17, 15) is 9.59 Å². The van der Waals surface area contributed by atoms with Crippen LogP contribution in [0.1, 0.15) is 52.4 Å². The third-order valence-corrected chi connectivity index (χ3v) is 3.33. The number of aliphatic hydroxyl groups is 1. The number of nitrogens with one attached hydrogen (secondary N) is 1. The quantitative estimate of drug-likeness (QED) is 0.506. The van der Waals surface area contributed by atoms with Crippen LogP contribution in [-0.2, 0) is 4.79 Å². The number of carboxylic acid groups (broad SMARTS) is 1. The average Bonchev–Trinajstić information content (AvgIpc) is 2.42. The van der Waals surface area contributed by atoms with E-state index in [4.69, 9.17) is 10.2 Å². The molecule has 6 nitrogen and oxygen atoms in total. The van der Waals surface area contributed by atoms with E-state index in [2.05, 4.69) is 5.32 Å². The number of hydrogen-bond donors (Lipinski definition) is 3. The Balaban J connectivity index is 3.98. The third-order valence-electron chi connectivity index (χ3n) is 3.33. The topological polar surface area (TPSA) is 89.9 Å². The molecule has 0 aliphatic rings. The molecule has 0 spiro atoms. The highest BCUT2D eigenvalue weighted by molar-refractivity contribution is 5.74.